The molecule has 94 valence electrons. The van der Waals surface area contributed by atoms with E-state index in [1.165, 1.54) is 12.8 Å². The maximum absolute atomic E-state index is 11.6. The number of hydrogen-bond acceptors (Lipinski definition) is 4. The number of nitrogens with two attached hydrogens (primary N) is 1. The maximum Gasteiger partial charge on any atom is 0.239 e. The SMILES string of the molecule is COCC(N)C(=O)NC1CCC(SC)CC1. The van der Waals surface area contributed by atoms with Crippen LogP contribution in [0.5, 0.6) is 0 Å². The van der Waals surface area contributed by atoms with E-state index in [1.54, 1.807) is 7.11 Å². The monoisotopic (exact) mass is 246 g/mol. The van der Waals surface area contributed by atoms with Gasteiger partial charge in [-0.2, -0.15) is 11.8 Å². The van der Waals surface area contributed by atoms with E-state index in [2.05, 4.69) is 11.6 Å². The van der Waals surface area contributed by atoms with E-state index in [-0.39, 0.29) is 12.5 Å². The van der Waals surface area contributed by atoms with Crippen molar-refractivity contribution < 1.29 is 9.53 Å². The molecule has 4 nitrogen and oxygen atoms in total. The molecule has 0 bridgehead atoms. The summed E-state index contributed by atoms with van der Waals surface area (Å²) in [5.41, 5.74) is 5.66. The highest BCUT2D eigenvalue weighted by Crippen LogP contribution is 2.26. The summed E-state index contributed by atoms with van der Waals surface area (Å²) in [6.45, 7) is 0.284. The van der Waals surface area contributed by atoms with Crippen LogP contribution in [0, 0.1) is 0 Å². The van der Waals surface area contributed by atoms with Crippen LogP contribution in [0.2, 0.25) is 0 Å². The number of hydrogen-bond donors (Lipinski definition) is 2. The maximum atomic E-state index is 11.6. The van der Waals surface area contributed by atoms with Crippen molar-refractivity contribution in [1.29, 1.82) is 0 Å². The number of ether oxygens (including phenoxy) is 1. The summed E-state index contributed by atoms with van der Waals surface area (Å²) in [5.74, 6) is -0.0885. The number of carbonyl (C=O) groups is 1. The minimum absolute atomic E-state index is 0.0885. The fraction of sp³-hybridized carbons (Fsp3) is 0.909. The van der Waals surface area contributed by atoms with Crippen molar-refractivity contribution in [2.45, 2.75) is 43.0 Å². The second-order valence-electron chi connectivity index (χ2n) is 4.28. The lowest BCUT2D eigenvalue weighted by Gasteiger charge is -2.28. The number of amides is 1. The fourth-order valence-electron chi connectivity index (χ4n) is 2.01. The Kier molecular flexibility index (Phi) is 6.16. The van der Waals surface area contributed by atoms with Crippen LogP contribution >= 0.6 is 11.8 Å². The Labute approximate surface area is 102 Å². The quantitative estimate of drug-likeness (QED) is 0.751. The molecule has 0 radical (unpaired) electrons. The molecule has 0 aliphatic heterocycles. The molecule has 0 heterocycles. The molecule has 0 aromatic rings. The van der Waals surface area contributed by atoms with Crippen molar-refractivity contribution in [3.63, 3.8) is 0 Å². The molecule has 0 spiro atoms. The van der Waals surface area contributed by atoms with Gasteiger partial charge in [-0.05, 0) is 31.9 Å². The molecular formula is C11H22N2O2S. The van der Waals surface area contributed by atoms with E-state index < -0.39 is 6.04 Å². The molecule has 0 saturated heterocycles. The molecule has 1 rings (SSSR count). The van der Waals surface area contributed by atoms with Crippen LogP contribution in [0.3, 0.4) is 0 Å². The van der Waals surface area contributed by atoms with Crippen molar-refractivity contribution in [3.8, 4) is 0 Å². The molecule has 3 N–H and O–H groups in total. The number of nitrogens with one attached hydrogen (secondary N) is 1. The Morgan fingerprint density at radius 1 is 1.50 bits per heavy atom. The van der Waals surface area contributed by atoms with Crippen LogP contribution in [-0.2, 0) is 9.53 Å². The van der Waals surface area contributed by atoms with Gasteiger partial charge in [0.2, 0.25) is 5.91 Å². The minimum Gasteiger partial charge on any atom is -0.383 e. The van der Waals surface area contributed by atoms with Gasteiger partial charge in [0.15, 0.2) is 0 Å². The molecule has 1 aliphatic carbocycles. The zero-order chi connectivity index (χ0) is 12.0. The average Bonchev–Trinajstić information content (AvgIpc) is 2.30. The van der Waals surface area contributed by atoms with Crippen LogP contribution in [0.4, 0.5) is 0 Å². The largest absolute Gasteiger partial charge is 0.383 e. The van der Waals surface area contributed by atoms with Gasteiger partial charge in [0.05, 0.1) is 6.61 Å². The molecule has 0 aromatic heterocycles. The first-order valence-electron chi connectivity index (χ1n) is 5.75. The van der Waals surface area contributed by atoms with Crippen molar-refractivity contribution in [3.05, 3.63) is 0 Å². The minimum atomic E-state index is -0.539. The Morgan fingerprint density at radius 3 is 2.62 bits per heavy atom. The van der Waals surface area contributed by atoms with Gasteiger partial charge in [0.25, 0.3) is 0 Å². The molecule has 1 saturated carbocycles. The molecule has 1 fully saturated rings. The van der Waals surface area contributed by atoms with Crippen molar-refractivity contribution in [2.24, 2.45) is 5.73 Å². The summed E-state index contributed by atoms with van der Waals surface area (Å²) in [5, 5.41) is 3.76. The van der Waals surface area contributed by atoms with E-state index in [0.29, 0.717) is 6.04 Å². The number of carbonyl (C=O) groups excluding carboxylic acids is 1. The zero-order valence-corrected chi connectivity index (χ0v) is 10.9. The highest BCUT2D eigenvalue weighted by Gasteiger charge is 2.23. The smallest absolute Gasteiger partial charge is 0.239 e. The molecular weight excluding hydrogens is 224 g/mol. The molecule has 1 unspecified atom stereocenters. The lowest BCUT2D eigenvalue weighted by Crippen LogP contribution is -2.48. The van der Waals surface area contributed by atoms with Crippen molar-refractivity contribution in [2.75, 3.05) is 20.0 Å². The van der Waals surface area contributed by atoms with E-state index in [9.17, 15) is 4.79 Å². The number of rotatable bonds is 5. The summed E-state index contributed by atoms with van der Waals surface area (Å²) in [6, 6.07) is -0.234. The first kappa shape index (κ1) is 13.8. The summed E-state index contributed by atoms with van der Waals surface area (Å²) in [6.07, 6.45) is 6.66. The Balaban J connectivity index is 2.25. The van der Waals surface area contributed by atoms with Crippen LogP contribution in [0.15, 0.2) is 0 Å². The van der Waals surface area contributed by atoms with Gasteiger partial charge in [-0.25, -0.2) is 0 Å². The number of methoxy groups -OCH3 is 1. The van der Waals surface area contributed by atoms with Crippen LogP contribution in [-0.4, -0.2) is 43.2 Å². The lowest BCUT2D eigenvalue weighted by atomic mass is 9.95. The van der Waals surface area contributed by atoms with Gasteiger partial charge in [-0.1, -0.05) is 0 Å². The van der Waals surface area contributed by atoms with Crippen molar-refractivity contribution >= 4 is 17.7 Å². The standard InChI is InChI=1S/C11H22N2O2S/c1-15-7-10(12)11(14)13-8-3-5-9(16-2)6-4-8/h8-10H,3-7,12H2,1-2H3,(H,13,14). The molecule has 0 aromatic carbocycles. The summed E-state index contributed by atoms with van der Waals surface area (Å²) in [4.78, 5) is 11.6. The van der Waals surface area contributed by atoms with Gasteiger partial charge in [-0.15, -0.1) is 0 Å². The topological polar surface area (TPSA) is 64.3 Å². The third-order valence-electron chi connectivity index (χ3n) is 3.04. The van der Waals surface area contributed by atoms with Gasteiger partial charge in [0, 0.05) is 18.4 Å². The van der Waals surface area contributed by atoms with E-state index in [4.69, 9.17) is 10.5 Å². The second kappa shape index (κ2) is 7.14. The fourth-order valence-corrected chi connectivity index (χ4v) is 2.75. The zero-order valence-electron chi connectivity index (χ0n) is 10.1. The Hall–Kier alpha value is -0.260. The third-order valence-corrected chi connectivity index (χ3v) is 4.17. The van der Waals surface area contributed by atoms with Gasteiger partial charge in [0.1, 0.15) is 6.04 Å². The third kappa shape index (κ3) is 4.31. The van der Waals surface area contributed by atoms with E-state index in [1.807, 2.05) is 11.8 Å². The van der Waals surface area contributed by atoms with E-state index >= 15 is 0 Å². The lowest BCUT2D eigenvalue weighted by molar-refractivity contribution is -0.124. The van der Waals surface area contributed by atoms with Crippen LogP contribution < -0.4 is 11.1 Å². The Bertz CT molecular complexity index is 218. The summed E-state index contributed by atoms with van der Waals surface area (Å²) in [7, 11) is 1.55. The molecule has 5 heteroatoms. The van der Waals surface area contributed by atoms with Gasteiger partial charge < -0.3 is 15.8 Å². The molecule has 1 atom stereocenters. The first-order chi connectivity index (χ1) is 7.67. The summed E-state index contributed by atoms with van der Waals surface area (Å²) < 4.78 is 4.86. The highest BCUT2D eigenvalue weighted by atomic mass is 32.2. The van der Waals surface area contributed by atoms with E-state index in [0.717, 1.165) is 18.1 Å². The molecule has 1 amide bonds. The average molecular weight is 246 g/mol. The Morgan fingerprint density at radius 2 is 2.12 bits per heavy atom. The summed E-state index contributed by atoms with van der Waals surface area (Å²) >= 11 is 1.92. The molecule has 16 heavy (non-hydrogen) atoms. The first-order valence-corrected chi connectivity index (χ1v) is 7.03. The van der Waals surface area contributed by atoms with Gasteiger partial charge in [-0.3, -0.25) is 4.79 Å². The highest BCUT2D eigenvalue weighted by molar-refractivity contribution is 7.99. The van der Waals surface area contributed by atoms with Crippen LogP contribution in [0.1, 0.15) is 25.7 Å². The predicted octanol–water partition coefficient (Wildman–Crippen LogP) is 0.751. The molecule has 1 aliphatic rings. The second-order valence-corrected chi connectivity index (χ2v) is 5.42. The van der Waals surface area contributed by atoms with Crippen LogP contribution in [0.25, 0.3) is 0 Å². The number of thioether (sulfide) groups is 1. The van der Waals surface area contributed by atoms with Gasteiger partial charge >= 0.3 is 0 Å². The van der Waals surface area contributed by atoms with Crippen molar-refractivity contribution in [1.82, 2.24) is 5.32 Å². The normalized spacial score (nSPS) is 27.4. The predicted molar refractivity (Wildman–Crippen MR) is 67.6 cm³/mol.